The van der Waals surface area contributed by atoms with E-state index in [-0.39, 0.29) is 5.75 Å². The normalized spacial score (nSPS) is 15.9. The number of hydrogen-bond donors (Lipinski definition) is 2. The second-order valence-electron chi connectivity index (χ2n) is 5.94. The molecule has 7 heteroatoms. The van der Waals surface area contributed by atoms with E-state index in [1.807, 2.05) is 6.92 Å². The topological polar surface area (TPSA) is 75.4 Å². The quantitative estimate of drug-likeness (QED) is 0.634. The maximum absolute atomic E-state index is 9.77. The third kappa shape index (κ3) is 3.67. The van der Waals surface area contributed by atoms with Crippen molar-refractivity contribution in [3.05, 3.63) is 34.4 Å². The first kappa shape index (κ1) is 16.7. The Morgan fingerprint density at radius 3 is 2.96 bits per heavy atom. The van der Waals surface area contributed by atoms with E-state index in [1.54, 1.807) is 29.1 Å². The smallest absolute Gasteiger partial charge is 0.216 e. The molecular formula is C17H22N4O2S. The van der Waals surface area contributed by atoms with Gasteiger partial charge in [-0.25, -0.2) is 0 Å². The molecule has 0 amide bonds. The van der Waals surface area contributed by atoms with Gasteiger partial charge >= 0.3 is 0 Å². The lowest BCUT2D eigenvalue weighted by atomic mass is 9.89. The molecule has 1 aliphatic carbocycles. The Hall–Kier alpha value is -2.15. The molecule has 1 heterocycles. The van der Waals surface area contributed by atoms with Crippen molar-refractivity contribution in [1.29, 1.82) is 0 Å². The molecule has 0 unspecified atom stereocenters. The van der Waals surface area contributed by atoms with E-state index in [0.717, 1.165) is 24.2 Å². The van der Waals surface area contributed by atoms with Crippen molar-refractivity contribution in [3.8, 4) is 11.5 Å². The first-order valence-electron chi connectivity index (χ1n) is 8.36. The number of aromatic hydroxyl groups is 1. The van der Waals surface area contributed by atoms with Crippen LogP contribution in [0.1, 0.15) is 56.3 Å². The van der Waals surface area contributed by atoms with Crippen LogP contribution in [0.3, 0.4) is 0 Å². The average molecular weight is 346 g/mol. The molecule has 1 aliphatic rings. The highest BCUT2D eigenvalue weighted by Crippen LogP contribution is 2.31. The molecule has 0 atom stereocenters. The second kappa shape index (κ2) is 7.61. The van der Waals surface area contributed by atoms with Crippen molar-refractivity contribution in [2.75, 3.05) is 6.61 Å². The summed E-state index contributed by atoms with van der Waals surface area (Å²) in [5.74, 6) is 1.88. The maximum Gasteiger partial charge on any atom is 0.216 e. The highest BCUT2D eigenvalue weighted by Gasteiger charge is 2.21. The fraction of sp³-hybridized carbons (Fsp3) is 0.471. The number of H-pyrrole nitrogens is 1. The Kier molecular flexibility index (Phi) is 5.30. The standard InChI is InChI=1S/C17H22N4O2S/c1-2-23-15-10-12(8-9-14(15)22)11-18-21-16(19-20-17(21)24)13-6-4-3-5-7-13/h8-11,13,22H,2-7H2,1H3,(H,20,24). The van der Waals surface area contributed by atoms with Crippen molar-refractivity contribution in [2.45, 2.75) is 44.9 Å². The van der Waals surface area contributed by atoms with Gasteiger partial charge in [0.1, 0.15) is 0 Å². The van der Waals surface area contributed by atoms with Gasteiger partial charge in [0.2, 0.25) is 4.77 Å². The molecule has 24 heavy (non-hydrogen) atoms. The van der Waals surface area contributed by atoms with Crippen LogP contribution in [0, 0.1) is 4.77 Å². The zero-order valence-corrected chi connectivity index (χ0v) is 14.6. The molecule has 0 spiro atoms. The molecule has 2 aromatic rings. The molecule has 6 nitrogen and oxygen atoms in total. The molecule has 1 saturated carbocycles. The van der Waals surface area contributed by atoms with Crippen LogP contribution in [-0.4, -0.2) is 32.8 Å². The van der Waals surface area contributed by atoms with Crippen molar-refractivity contribution in [3.63, 3.8) is 0 Å². The second-order valence-corrected chi connectivity index (χ2v) is 6.33. The Balaban J connectivity index is 1.85. The number of hydrogen-bond acceptors (Lipinski definition) is 5. The number of nitrogens with zero attached hydrogens (tertiary/aromatic N) is 3. The van der Waals surface area contributed by atoms with Gasteiger partial charge in [0.15, 0.2) is 17.3 Å². The third-order valence-corrected chi connectivity index (χ3v) is 4.52. The van der Waals surface area contributed by atoms with Gasteiger partial charge in [-0.2, -0.15) is 14.9 Å². The Morgan fingerprint density at radius 2 is 2.21 bits per heavy atom. The Bertz CT molecular complexity index is 775. The van der Waals surface area contributed by atoms with Crippen molar-refractivity contribution < 1.29 is 9.84 Å². The van der Waals surface area contributed by atoms with Crippen LogP contribution in [0.25, 0.3) is 0 Å². The highest BCUT2D eigenvalue weighted by molar-refractivity contribution is 7.71. The fourth-order valence-electron chi connectivity index (χ4n) is 3.05. The number of phenolic OH excluding ortho intramolecular Hbond substituents is 1. The van der Waals surface area contributed by atoms with Gasteiger partial charge in [-0.15, -0.1) is 0 Å². The van der Waals surface area contributed by atoms with Crippen molar-refractivity contribution >= 4 is 18.4 Å². The zero-order chi connectivity index (χ0) is 16.9. The number of ether oxygens (including phenoxy) is 1. The SMILES string of the molecule is CCOc1cc(C=Nn2c(C3CCCCC3)n[nH]c2=S)ccc1O. The molecule has 0 saturated heterocycles. The van der Waals surface area contributed by atoms with E-state index in [1.165, 1.54) is 19.3 Å². The van der Waals surface area contributed by atoms with E-state index < -0.39 is 0 Å². The number of nitrogens with one attached hydrogen (secondary N) is 1. The molecule has 0 aliphatic heterocycles. The summed E-state index contributed by atoms with van der Waals surface area (Å²) >= 11 is 5.31. The molecule has 1 aromatic carbocycles. The molecule has 0 radical (unpaired) electrons. The fourth-order valence-corrected chi connectivity index (χ4v) is 3.23. The van der Waals surface area contributed by atoms with Gasteiger partial charge in [-0.1, -0.05) is 19.3 Å². The summed E-state index contributed by atoms with van der Waals surface area (Å²) in [6.45, 7) is 2.37. The number of phenols is 1. The Labute approximate surface area is 146 Å². The molecule has 3 rings (SSSR count). The predicted octanol–water partition coefficient (Wildman–Crippen LogP) is 3.97. The molecule has 1 aromatic heterocycles. The van der Waals surface area contributed by atoms with Gasteiger partial charge in [0.25, 0.3) is 0 Å². The van der Waals surface area contributed by atoms with Crippen LogP contribution >= 0.6 is 12.2 Å². The summed E-state index contributed by atoms with van der Waals surface area (Å²) in [4.78, 5) is 0. The van der Waals surface area contributed by atoms with Gasteiger partial charge < -0.3 is 9.84 Å². The molecule has 0 bridgehead atoms. The number of benzene rings is 1. The average Bonchev–Trinajstić information content (AvgIpc) is 2.97. The monoisotopic (exact) mass is 346 g/mol. The van der Waals surface area contributed by atoms with Gasteiger partial charge in [0, 0.05) is 5.92 Å². The summed E-state index contributed by atoms with van der Waals surface area (Å²) in [6, 6.07) is 5.14. The molecular weight excluding hydrogens is 324 g/mol. The summed E-state index contributed by atoms with van der Waals surface area (Å²) in [5.41, 5.74) is 0.828. The minimum atomic E-state index is 0.122. The molecule has 1 fully saturated rings. The largest absolute Gasteiger partial charge is 0.504 e. The summed E-state index contributed by atoms with van der Waals surface area (Å²) < 4.78 is 7.60. The maximum atomic E-state index is 9.77. The van der Waals surface area contributed by atoms with Crippen LogP contribution in [0.15, 0.2) is 23.3 Å². The van der Waals surface area contributed by atoms with E-state index in [2.05, 4.69) is 15.3 Å². The lowest BCUT2D eigenvalue weighted by molar-refractivity contribution is 0.318. The van der Waals surface area contributed by atoms with Crippen molar-refractivity contribution in [1.82, 2.24) is 14.9 Å². The minimum Gasteiger partial charge on any atom is -0.504 e. The number of aromatic nitrogens is 3. The van der Waals surface area contributed by atoms with Crippen LogP contribution in [0.2, 0.25) is 0 Å². The summed E-state index contributed by atoms with van der Waals surface area (Å²) in [7, 11) is 0. The Morgan fingerprint density at radius 1 is 1.42 bits per heavy atom. The van der Waals surface area contributed by atoms with Crippen LogP contribution in [-0.2, 0) is 0 Å². The predicted molar refractivity (Wildman–Crippen MR) is 95.5 cm³/mol. The minimum absolute atomic E-state index is 0.122. The van der Waals surface area contributed by atoms with Gasteiger partial charge in [-0.05, 0) is 55.7 Å². The van der Waals surface area contributed by atoms with E-state index >= 15 is 0 Å². The van der Waals surface area contributed by atoms with Crippen LogP contribution in [0.5, 0.6) is 11.5 Å². The lowest BCUT2D eigenvalue weighted by Gasteiger charge is -2.19. The van der Waals surface area contributed by atoms with E-state index in [0.29, 0.717) is 23.0 Å². The van der Waals surface area contributed by atoms with Crippen LogP contribution in [0.4, 0.5) is 0 Å². The number of aromatic amines is 1. The van der Waals surface area contributed by atoms with Crippen molar-refractivity contribution in [2.24, 2.45) is 5.10 Å². The highest BCUT2D eigenvalue weighted by atomic mass is 32.1. The van der Waals surface area contributed by atoms with Crippen LogP contribution < -0.4 is 4.74 Å². The van der Waals surface area contributed by atoms with Gasteiger partial charge in [-0.3, -0.25) is 5.10 Å². The first-order chi connectivity index (χ1) is 11.7. The summed E-state index contributed by atoms with van der Waals surface area (Å²) in [6.07, 6.45) is 7.71. The lowest BCUT2D eigenvalue weighted by Crippen LogP contribution is -2.10. The summed E-state index contributed by atoms with van der Waals surface area (Å²) in [5, 5.41) is 21.5. The van der Waals surface area contributed by atoms with Gasteiger partial charge in [0.05, 0.1) is 12.8 Å². The van der Waals surface area contributed by atoms with E-state index in [9.17, 15) is 5.11 Å². The molecule has 128 valence electrons. The number of rotatable bonds is 5. The van der Waals surface area contributed by atoms with E-state index in [4.69, 9.17) is 17.0 Å². The zero-order valence-electron chi connectivity index (χ0n) is 13.7. The first-order valence-corrected chi connectivity index (χ1v) is 8.77. The third-order valence-electron chi connectivity index (χ3n) is 4.25. The molecule has 2 N–H and O–H groups in total.